The van der Waals surface area contributed by atoms with E-state index in [1.165, 1.54) is 72.8 Å². The molecular formula is C72H60N12O16S4. The van der Waals surface area contributed by atoms with E-state index >= 15 is 0 Å². The van der Waals surface area contributed by atoms with Crippen LogP contribution in [-0.4, -0.2) is 92.2 Å². The number of hydrogen-bond acceptors (Lipinski definition) is 20. The quantitative estimate of drug-likeness (QED) is 0.0316. The largest absolute Gasteiger partial charge is 0.506 e. The molecule has 528 valence electrons. The Balaban J connectivity index is 1.04. The fraction of sp³-hybridized carbons (Fsp3) is 0.111. The minimum Gasteiger partial charge on any atom is -0.506 e. The van der Waals surface area contributed by atoms with E-state index in [0.717, 1.165) is 48.5 Å². The Hall–Kier alpha value is -11.9. The molecule has 0 atom stereocenters. The van der Waals surface area contributed by atoms with Crippen LogP contribution in [0.15, 0.2) is 279 Å². The Labute approximate surface area is 593 Å². The van der Waals surface area contributed by atoms with Crippen molar-refractivity contribution in [1.82, 2.24) is 19.9 Å². The van der Waals surface area contributed by atoms with Crippen LogP contribution in [0.3, 0.4) is 0 Å². The lowest BCUT2D eigenvalue weighted by molar-refractivity contribution is 0.475. The van der Waals surface area contributed by atoms with Crippen molar-refractivity contribution in [2.75, 3.05) is 0 Å². The summed E-state index contributed by atoms with van der Waals surface area (Å²) in [6.07, 6.45) is 0. The van der Waals surface area contributed by atoms with Gasteiger partial charge >= 0.3 is 0 Å². The normalized spacial score (nSPS) is 18.8. The Morgan fingerprint density at radius 1 is 0.240 bits per heavy atom. The van der Waals surface area contributed by atoms with E-state index in [9.17, 15) is 72.3 Å². The van der Waals surface area contributed by atoms with E-state index in [1.54, 1.807) is 48.5 Å². The number of aromatic hydroxyl groups is 4. The third-order valence-electron chi connectivity index (χ3n) is 18.9. The number of aromatic nitrogens is 4. The zero-order valence-corrected chi connectivity index (χ0v) is 58.1. The summed E-state index contributed by atoms with van der Waals surface area (Å²) in [5.74, 6) is -1.09. The summed E-state index contributed by atoms with van der Waals surface area (Å²) in [6.45, 7) is 7.76. The first-order valence-electron chi connectivity index (χ1n) is 31.2. The Morgan fingerprint density at radius 2 is 0.404 bits per heavy atom. The third-order valence-corrected chi connectivity index (χ3v) is 22.4. The van der Waals surface area contributed by atoms with E-state index in [1.807, 2.05) is 76.2 Å². The third kappa shape index (κ3) is 13.3. The molecule has 0 radical (unpaired) electrons. The number of phenolic OH excluding ortho intramolecular Hbond substituents is 4. The van der Waals surface area contributed by atoms with Crippen LogP contribution in [0.5, 0.6) is 23.0 Å². The molecule has 13 rings (SSSR count). The highest BCUT2D eigenvalue weighted by Gasteiger charge is 2.45. The second-order valence-electron chi connectivity index (χ2n) is 25.1. The smallest absolute Gasteiger partial charge is 0.294 e. The van der Waals surface area contributed by atoms with Crippen LogP contribution in [0.4, 0.5) is 45.5 Å². The van der Waals surface area contributed by atoms with Gasteiger partial charge in [0.1, 0.15) is 45.7 Å². The summed E-state index contributed by atoms with van der Waals surface area (Å²) >= 11 is 0. The van der Waals surface area contributed by atoms with Crippen LogP contribution in [0, 0.1) is 0 Å². The number of azo groups is 4. The number of nitrogens with zero attached hydrogens (tertiary/aromatic N) is 8. The van der Waals surface area contributed by atoms with Crippen LogP contribution in [0.2, 0.25) is 0 Å². The highest BCUT2D eigenvalue weighted by atomic mass is 32.2. The Morgan fingerprint density at radius 3 is 0.558 bits per heavy atom. The molecule has 0 saturated heterocycles. The summed E-state index contributed by atoms with van der Waals surface area (Å²) in [5.41, 5.74) is 2.09. The van der Waals surface area contributed by atoms with Gasteiger partial charge in [0.15, 0.2) is 0 Å². The van der Waals surface area contributed by atoms with E-state index in [-0.39, 0.29) is 88.1 Å². The molecule has 0 spiro atoms. The summed E-state index contributed by atoms with van der Waals surface area (Å²) in [4.78, 5) is 13.7. The first kappa shape index (κ1) is 70.6. The summed E-state index contributed by atoms with van der Waals surface area (Å²) in [6, 6.07) is 54.2. The minimum atomic E-state index is -4.54. The van der Waals surface area contributed by atoms with Gasteiger partial charge in [-0.25, -0.2) is 0 Å². The average Bonchev–Trinajstić information content (AvgIpc) is 1.53. The van der Waals surface area contributed by atoms with Gasteiger partial charge in [-0.1, -0.05) is 24.3 Å². The summed E-state index contributed by atoms with van der Waals surface area (Å²) < 4.78 is 134. The molecule has 104 heavy (non-hydrogen) atoms. The number of rotatable bonds is 16. The molecule has 0 unspecified atom stereocenters. The fourth-order valence-corrected chi connectivity index (χ4v) is 14.5. The molecule has 0 amide bonds. The first-order valence-corrected chi connectivity index (χ1v) is 37.0. The molecule has 8 bridgehead atoms. The van der Waals surface area contributed by atoms with Crippen molar-refractivity contribution in [2.24, 2.45) is 40.9 Å². The van der Waals surface area contributed by atoms with Crippen molar-refractivity contribution in [2.45, 2.75) is 68.9 Å². The number of aromatic amines is 4. The van der Waals surface area contributed by atoms with Crippen molar-refractivity contribution in [1.29, 1.82) is 0 Å². The molecule has 32 heteroatoms. The molecule has 12 N–H and O–H groups in total. The minimum absolute atomic E-state index is 0.000957. The molecule has 0 fully saturated rings. The van der Waals surface area contributed by atoms with Gasteiger partial charge in [-0.05, 0) is 244 Å². The number of H-pyrrole nitrogens is 4. The molecule has 1 aliphatic heterocycles. The lowest BCUT2D eigenvalue weighted by Gasteiger charge is -2.34. The lowest BCUT2D eigenvalue weighted by atomic mass is 9.75. The van der Waals surface area contributed by atoms with Gasteiger partial charge in [-0.2, -0.15) is 54.1 Å². The molecule has 5 heterocycles. The van der Waals surface area contributed by atoms with E-state index in [0.29, 0.717) is 67.8 Å². The van der Waals surface area contributed by atoms with Gasteiger partial charge in [-0.15, -0.1) is 20.5 Å². The topological polar surface area (TPSA) is 460 Å². The second-order valence-corrected chi connectivity index (χ2v) is 30.8. The van der Waals surface area contributed by atoms with Crippen molar-refractivity contribution in [3.63, 3.8) is 0 Å². The Kier molecular flexibility index (Phi) is 17.8. The number of nitrogens with one attached hydrogen (secondary N) is 4. The standard InChI is InChI=1S/C72H60N12O16S4/c1-69(41-5-25-57(85)53(37-41)81-77-45-9-17-49(18-10-45)101(89,90)91)61-29-31-63(73-61)70(2,42-6-26-58(86)54(38-42)82-78-46-11-19-50(20-12-46)102(92,93)94)65-33-35-67(75-65)72(4,44-8-28-60(88)56(40-44)84-80-48-15-23-52(24-16-48)104(98,99)100)68-36-34-66(76-68)71(3,64-32-30-62(69)74-64)43-7-27-59(87)55(39-43)83-79-47-13-21-51(22-14-47)103(95,96)97/h5-40,73-76,85-88H,1-4H3,(H,89,90,91)(H,92,93,94)(H,95,96,97)(H,98,99,100). The SMILES string of the molecule is CC1(c2ccc(O)c(N=Nc3ccc(S(=O)(=O)O)cc3)c2)c2ccc([nH]2)C(C)(c2ccc(O)c(N=Nc3ccc(S(=O)(=O)O)cc3)c2)c2ccc([nH]2)C(C)(c2ccc(O)c(N=Nc3ccc(S(=O)(=O)O)cc3)c2)c2ccc([nH]2)C(C)(c2ccc(O)c(N=Nc3ccc(S(=O)(=O)O)cc3)c2)c2ccc1[nH]2. The predicted octanol–water partition coefficient (Wildman–Crippen LogP) is 16.2. The van der Waals surface area contributed by atoms with Crippen molar-refractivity contribution in [3.05, 3.63) is 286 Å². The lowest BCUT2D eigenvalue weighted by Crippen LogP contribution is -2.32. The van der Waals surface area contributed by atoms with Crippen LogP contribution in [-0.2, 0) is 62.1 Å². The van der Waals surface area contributed by atoms with Crippen LogP contribution in [0.1, 0.15) is 95.5 Å². The number of fused-ring (bicyclic) bond motifs is 8. The van der Waals surface area contributed by atoms with Crippen LogP contribution >= 0.6 is 0 Å². The monoisotopic (exact) mass is 1480 g/mol. The fourth-order valence-electron chi connectivity index (χ4n) is 12.6. The maximum atomic E-state index is 11.9. The molecular weight excluding hydrogens is 1420 g/mol. The Bertz CT molecular complexity index is 5180. The highest BCUT2D eigenvalue weighted by Crippen LogP contribution is 2.51. The van der Waals surface area contributed by atoms with Crippen molar-refractivity contribution < 1.29 is 72.3 Å². The summed E-state index contributed by atoms with van der Waals surface area (Å²) in [5, 5.41) is 81.1. The van der Waals surface area contributed by atoms with E-state index in [2.05, 4.69) is 60.8 Å². The molecule has 12 aromatic rings. The van der Waals surface area contributed by atoms with Crippen LogP contribution in [0.25, 0.3) is 0 Å². The van der Waals surface area contributed by atoms with Crippen LogP contribution < -0.4 is 0 Å². The maximum absolute atomic E-state index is 11.9. The first-order chi connectivity index (χ1) is 49.1. The van der Waals surface area contributed by atoms with Crippen molar-refractivity contribution >= 4 is 86.0 Å². The van der Waals surface area contributed by atoms with Gasteiger partial charge in [0, 0.05) is 45.6 Å². The van der Waals surface area contributed by atoms with Crippen molar-refractivity contribution in [3.8, 4) is 23.0 Å². The van der Waals surface area contributed by atoms with E-state index in [4.69, 9.17) is 0 Å². The maximum Gasteiger partial charge on any atom is 0.294 e. The zero-order chi connectivity index (χ0) is 74.1. The van der Waals surface area contributed by atoms with Gasteiger partial charge in [0.05, 0.1) is 64.0 Å². The number of benzene rings is 8. The van der Waals surface area contributed by atoms with Gasteiger partial charge in [0.25, 0.3) is 40.5 Å². The molecule has 0 aliphatic carbocycles. The molecule has 0 saturated carbocycles. The molecule has 28 nitrogen and oxygen atoms in total. The molecule has 1 aliphatic rings. The van der Waals surface area contributed by atoms with E-state index < -0.39 is 62.1 Å². The van der Waals surface area contributed by atoms with Gasteiger partial charge in [0.2, 0.25) is 0 Å². The zero-order valence-electron chi connectivity index (χ0n) is 54.8. The highest BCUT2D eigenvalue weighted by molar-refractivity contribution is 7.86. The average molecular weight is 1480 g/mol. The second kappa shape index (κ2) is 26.2. The number of hydrogen-bond donors (Lipinski definition) is 12. The summed E-state index contributed by atoms with van der Waals surface area (Å²) in [7, 11) is -18.2. The van der Waals surface area contributed by atoms with Gasteiger partial charge < -0.3 is 40.4 Å². The predicted molar refractivity (Wildman–Crippen MR) is 380 cm³/mol. The molecule has 8 aromatic carbocycles. The molecule has 4 aromatic heterocycles. The number of phenols is 4. The van der Waals surface area contributed by atoms with Gasteiger partial charge in [-0.3, -0.25) is 18.2 Å².